The molecule has 0 saturated carbocycles. The Bertz CT molecular complexity index is 2190. The lowest BCUT2D eigenvalue weighted by molar-refractivity contribution is -0.00281. The third-order valence-corrected chi connectivity index (χ3v) is 11.7. The zero-order chi connectivity index (χ0) is 39.7. The number of anilines is 1. The number of carbonyl (C=O) groups is 1. The van der Waals surface area contributed by atoms with Crippen LogP contribution in [-0.2, 0) is 9.47 Å². The van der Waals surface area contributed by atoms with E-state index in [0.29, 0.717) is 25.8 Å². The summed E-state index contributed by atoms with van der Waals surface area (Å²) in [5.41, 5.74) is -3.39. The van der Waals surface area contributed by atoms with E-state index in [4.69, 9.17) is 23.9 Å². The highest BCUT2D eigenvalue weighted by atomic mass is 19.3. The fourth-order valence-corrected chi connectivity index (χ4v) is 9.45. The summed E-state index contributed by atoms with van der Waals surface area (Å²) in [5, 5.41) is 0.285. The van der Waals surface area contributed by atoms with Gasteiger partial charge in [-0.15, -0.1) is 0 Å². The first kappa shape index (κ1) is 38.4. The van der Waals surface area contributed by atoms with E-state index in [2.05, 4.69) is 9.88 Å². The van der Waals surface area contributed by atoms with Crippen LogP contribution in [0, 0.1) is 11.6 Å². The fourth-order valence-electron chi connectivity index (χ4n) is 9.45. The standard InChI is InChI=1S/C41H46F5N5O5/c1-39(2,3)56-38(52)51-25-10-12-40(51,4)20-49(19-25)36-29-16-30(43)32(28-15-26(55-22-53-5)14-23-8-6-9-27(31(23)28)35(45)46)33(44)34(29)47-37(48-36)54-21-41-11-7-13-50(41)18-24(42)17-41/h6,8-9,14-16,24-25,35H,7,10-13,17-22H2,1-5H3/t24-,25?,40?,41+/m0/s1. The molecule has 10 nitrogen and oxygen atoms in total. The lowest BCUT2D eigenvalue weighted by Gasteiger charge is -2.47. The highest BCUT2D eigenvalue weighted by Gasteiger charge is 2.53. The molecule has 3 aromatic carbocycles. The number of piperazine rings is 1. The molecule has 8 rings (SSSR count). The third kappa shape index (κ3) is 6.73. The van der Waals surface area contributed by atoms with Gasteiger partial charge in [0, 0.05) is 44.1 Å². The summed E-state index contributed by atoms with van der Waals surface area (Å²) in [6.07, 6.45) is -1.18. The highest BCUT2D eigenvalue weighted by molar-refractivity contribution is 6.03. The van der Waals surface area contributed by atoms with Gasteiger partial charge in [-0.1, -0.05) is 18.2 Å². The molecule has 2 bridgehead atoms. The van der Waals surface area contributed by atoms with E-state index in [0.717, 1.165) is 19.0 Å². The smallest absolute Gasteiger partial charge is 0.411 e. The molecule has 0 radical (unpaired) electrons. The topological polar surface area (TPSA) is 89.5 Å². The van der Waals surface area contributed by atoms with Gasteiger partial charge in [-0.05, 0) is 94.5 Å². The van der Waals surface area contributed by atoms with Gasteiger partial charge < -0.3 is 23.8 Å². The van der Waals surface area contributed by atoms with Gasteiger partial charge in [-0.25, -0.2) is 26.7 Å². The van der Waals surface area contributed by atoms with Crippen molar-refractivity contribution in [2.45, 2.75) is 95.1 Å². The van der Waals surface area contributed by atoms with Crippen molar-refractivity contribution < 1.29 is 45.7 Å². The predicted octanol–water partition coefficient (Wildman–Crippen LogP) is 8.58. The number of carbonyl (C=O) groups excluding carboxylic acids is 1. The Kier molecular flexibility index (Phi) is 9.70. The SMILES string of the molecule is COCOc1cc(-c2c(F)cc3c(N4CC5CCC(C)(C4)N5C(=O)OC(C)(C)C)nc(OC[C@]45CCCN4C[C@@H](F)C5)nc3c2F)c2c(C(F)F)cccc2c1. The first-order chi connectivity index (χ1) is 26.6. The maximum Gasteiger partial charge on any atom is 0.411 e. The van der Waals surface area contributed by atoms with Crippen LogP contribution >= 0.6 is 0 Å². The first-order valence-corrected chi connectivity index (χ1v) is 19.1. The van der Waals surface area contributed by atoms with Crippen molar-refractivity contribution in [3.05, 3.63) is 53.6 Å². The maximum atomic E-state index is 17.4. The molecule has 1 aromatic heterocycles. The number of hydrogen-bond acceptors (Lipinski definition) is 9. The molecule has 4 fully saturated rings. The van der Waals surface area contributed by atoms with Crippen LogP contribution in [0.4, 0.5) is 32.6 Å². The normalized spacial score (nSPS) is 25.1. The lowest BCUT2D eigenvalue weighted by Crippen LogP contribution is -2.63. The number of methoxy groups -OCH3 is 1. The second-order valence-electron chi connectivity index (χ2n) is 16.8. The average molecular weight is 784 g/mol. The minimum atomic E-state index is -2.95. The molecule has 15 heteroatoms. The van der Waals surface area contributed by atoms with Gasteiger partial charge in [0.05, 0.1) is 22.7 Å². The second-order valence-corrected chi connectivity index (χ2v) is 16.8. The molecule has 4 saturated heterocycles. The Morgan fingerprint density at radius 1 is 1.07 bits per heavy atom. The molecule has 2 unspecified atom stereocenters. The van der Waals surface area contributed by atoms with Crippen LogP contribution in [0.15, 0.2) is 36.4 Å². The third-order valence-electron chi connectivity index (χ3n) is 11.7. The Morgan fingerprint density at radius 2 is 1.88 bits per heavy atom. The molecule has 4 aliphatic heterocycles. The summed E-state index contributed by atoms with van der Waals surface area (Å²) in [6, 6.07) is 7.71. The maximum absolute atomic E-state index is 17.4. The Morgan fingerprint density at radius 3 is 2.61 bits per heavy atom. The predicted molar refractivity (Wildman–Crippen MR) is 200 cm³/mol. The molecule has 5 heterocycles. The van der Waals surface area contributed by atoms with Gasteiger partial charge >= 0.3 is 12.1 Å². The van der Waals surface area contributed by atoms with Gasteiger partial charge in [0.1, 0.15) is 41.3 Å². The summed E-state index contributed by atoms with van der Waals surface area (Å²) in [7, 11) is 1.41. The number of nitrogens with zero attached hydrogens (tertiary/aromatic N) is 5. The fraction of sp³-hybridized carbons (Fsp3) is 0.537. The molecule has 4 atom stereocenters. The Labute approximate surface area is 321 Å². The largest absolute Gasteiger partial charge is 0.468 e. The number of halogens is 5. The van der Waals surface area contributed by atoms with Gasteiger partial charge in [0.25, 0.3) is 6.43 Å². The molecule has 56 heavy (non-hydrogen) atoms. The Balaban J connectivity index is 1.27. The summed E-state index contributed by atoms with van der Waals surface area (Å²) < 4.78 is 101. The number of alkyl halides is 3. The molecule has 0 aliphatic carbocycles. The minimum absolute atomic E-state index is 0.0413. The van der Waals surface area contributed by atoms with E-state index < -0.39 is 58.1 Å². The molecule has 0 spiro atoms. The summed E-state index contributed by atoms with van der Waals surface area (Å²) in [5.74, 6) is -1.77. The Hall–Kier alpha value is -4.50. The van der Waals surface area contributed by atoms with E-state index in [1.54, 1.807) is 31.7 Å². The van der Waals surface area contributed by atoms with Crippen molar-refractivity contribution in [3.8, 4) is 22.9 Å². The van der Waals surface area contributed by atoms with E-state index in [1.807, 2.05) is 11.8 Å². The summed E-state index contributed by atoms with van der Waals surface area (Å²) in [4.78, 5) is 28.5. The molecule has 0 N–H and O–H groups in total. The molecular weight excluding hydrogens is 737 g/mol. The molecule has 300 valence electrons. The van der Waals surface area contributed by atoms with Crippen molar-refractivity contribution in [1.82, 2.24) is 19.8 Å². The number of hydrogen-bond donors (Lipinski definition) is 0. The van der Waals surface area contributed by atoms with Crippen LogP contribution in [-0.4, -0.2) is 101 Å². The number of amides is 1. The van der Waals surface area contributed by atoms with Crippen LogP contribution in [0.2, 0.25) is 0 Å². The van der Waals surface area contributed by atoms with Crippen LogP contribution in [0.1, 0.15) is 71.8 Å². The van der Waals surface area contributed by atoms with Gasteiger partial charge in [0.2, 0.25) is 0 Å². The van der Waals surface area contributed by atoms with Crippen molar-refractivity contribution in [2.75, 3.05) is 51.6 Å². The van der Waals surface area contributed by atoms with Crippen molar-refractivity contribution >= 4 is 33.6 Å². The van der Waals surface area contributed by atoms with Crippen molar-refractivity contribution in [2.24, 2.45) is 0 Å². The van der Waals surface area contributed by atoms with Crippen LogP contribution in [0.25, 0.3) is 32.8 Å². The van der Waals surface area contributed by atoms with E-state index in [1.165, 1.54) is 31.4 Å². The van der Waals surface area contributed by atoms with Crippen LogP contribution in [0.5, 0.6) is 11.8 Å². The summed E-state index contributed by atoms with van der Waals surface area (Å²) >= 11 is 0. The lowest BCUT2D eigenvalue weighted by atomic mass is 9.92. The van der Waals surface area contributed by atoms with Crippen molar-refractivity contribution in [1.29, 1.82) is 0 Å². The molecule has 4 aliphatic rings. The van der Waals surface area contributed by atoms with Crippen LogP contribution < -0.4 is 14.4 Å². The number of benzene rings is 3. The quantitative estimate of drug-likeness (QED) is 0.122. The monoisotopic (exact) mass is 783 g/mol. The number of aromatic nitrogens is 2. The number of ether oxygens (including phenoxy) is 4. The molecule has 1 amide bonds. The van der Waals surface area contributed by atoms with Gasteiger partial charge in [-0.3, -0.25) is 9.80 Å². The average Bonchev–Trinajstić information content (AvgIpc) is 3.73. The highest BCUT2D eigenvalue weighted by Crippen LogP contribution is 2.46. The van der Waals surface area contributed by atoms with Crippen LogP contribution in [0.3, 0.4) is 0 Å². The first-order valence-electron chi connectivity index (χ1n) is 19.1. The molecular formula is C41H46F5N5O5. The van der Waals surface area contributed by atoms with Gasteiger partial charge in [0.15, 0.2) is 12.6 Å². The van der Waals surface area contributed by atoms with E-state index >= 15 is 8.78 Å². The second kappa shape index (κ2) is 14.2. The zero-order valence-electron chi connectivity index (χ0n) is 32.1. The molecule has 4 aromatic rings. The van der Waals surface area contributed by atoms with Crippen molar-refractivity contribution in [3.63, 3.8) is 0 Å². The minimum Gasteiger partial charge on any atom is -0.468 e. The summed E-state index contributed by atoms with van der Waals surface area (Å²) in [6.45, 7) is 8.82. The number of rotatable bonds is 9. The van der Waals surface area contributed by atoms with E-state index in [9.17, 15) is 18.0 Å². The van der Waals surface area contributed by atoms with E-state index in [-0.39, 0.29) is 83.8 Å². The van der Waals surface area contributed by atoms with Gasteiger partial charge in [-0.2, -0.15) is 9.97 Å². The zero-order valence-corrected chi connectivity index (χ0v) is 32.1. The number of fused-ring (bicyclic) bond motifs is 5.